The van der Waals surface area contributed by atoms with Crippen molar-refractivity contribution in [1.82, 2.24) is 19.6 Å². The zero-order valence-corrected chi connectivity index (χ0v) is 11.8. The summed E-state index contributed by atoms with van der Waals surface area (Å²) in [5, 5.41) is 11.6. The number of hydrogen-bond acceptors (Lipinski definition) is 4. The van der Waals surface area contributed by atoms with Gasteiger partial charge in [-0.25, -0.2) is 4.98 Å². The van der Waals surface area contributed by atoms with Gasteiger partial charge in [0.25, 0.3) is 5.78 Å². The Kier molecular flexibility index (Phi) is 3.03. The molecule has 1 aliphatic rings. The Labute approximate surface area is 123 Å². The summed E-state index contributed by atoms with van der Waals surface area (Å²) in [5.74, 6) is 1.81. The van der Waals surface area contributed by atoms with Crippen molar-refractivity contribution in [1.29, 1.82) is 0 Å². The Morgan fingerprint density at radius 2 is 2.05 bits per heavy atom. The van der Waals surface area contributed by atoms with Gasteiger partial charge in [0.15, 0.2) is 0 Å². The van der Waals surface area contributed by atoms with Gasteiger partial charge >= 0.3 is 0 Å². The average Bonchev–Trinajstić information content (AvgIpc) is 3.16. The van der Waals surface area contributed by atoms with Gasteiger partial charge in [-0.15, -0.1) is 10.2 Å². The molecule has 106 valence electrons. The molecule has 0 aliphatic heterocycles. The van der Waals surface area contributed by atoms with Crippen LogP contribution in [-0.2, 0) is 19.3 Å². The van der Waals surface area contributed by atoms with E-state index in [9.17, 15) is 0 Å². The van der Waals surface area contributed by atoms with Crippen molar-refractivity contribution in [2.45, 2.75) is 25.7 Å². The molecule has 1 aliphatic carbocycles. The molecule has 0 atom stereocenters. The van der Waals surface area contributed by atoms with Crippen molar-refractivity contribution in [3.05, 3.63) is 53.5 Å². The van der Waals surface area contributed by atoms with Crippen molar-refractivity contribution in [3.8, 4) is 0 Å². The molecule has 0 bridgehead atoms. The van der Waals surface area contributed by atoms with Crippen molar-refractivity contribution in [3.63, 3.8) is 0 Å². The molecule has 2 aromatic heterocycles. The lowest BCUT2D eigenvalue weighted by molar-refractivity contribution is 0.899. The minimum atomic E-state index is 0.692. The van der Waals surface area contributed by atoms with E-state index < -0.39 is 0 Å². The highest BCUT2D eigenvalue weighted by Crippen LogP contribution is 2.27. The normalized spacial score (nSPS) is 13.5. The Bertz CT molecular complexity index is 763. The minimum absolute atomic E-state index is 0.692. The maximum absolute atomic E-state index is 4.59. The highest BCUT2D eigenvalue weighted by atomic mass is 15.3. The van der Waals surface area contributed by atoms with E-state index in [-0.39, 0.29) is 0 Å². The van der Waals surface area contributed by atoms with Gasteiger partial charge in [-0.2, -0.15) is 0 Å². The first kappa shape index (κ1) is 12.3. The highest BCUT2D eigenvalue weighted by molar-refractivity contribution is 5.55. The number of nitrogens with zero attached hydrogens (tertiary/aromatic N) is 4. The molecule has 5 heteroatoms. The Hall–Kier alpha value is -2.43. The molecular weight excluding hydrogens is 262 g/mol. The molecule has 1 N–H and O–H groups in total. The first-order valence-electron chi connectivity index (χ1n) is 7.41. The fraction of sp³-hybridized carbons (Fsp3) is 0.312. The maximum atomic E-state index is 4.59. The SMILES string of the molecule is c1ccc(CCNc2c3c(nc4nncn24)CCC3)cc1. The van der Waals surface area contributed by atoms with Crippen LogP contribution >= 0.6 is 0 Å². The quantitative estimate of drug-likeness (QED) is 0.796. The number of anilines is 1. The highest BCUT2D eigenvalue weighted by Gasteiger charge is 2.20. The van der Waals surface area contributed by atoms with Crippen LogP contribution in [0.15, 0.2) is 36.7 Å². The topological polar surface area (TPSA) is 55.1 Å². The number of hydrogen-bond donors (Lipinski definition) is 1. The monoisotopic (exact) mass is 279 g/mol. The molecule has 5 nitrogen and oxygen atoms in total. The molecule has 0 fully saturated rings. The Balaban J connectivity index is 1.60. The van der Waals surface area contributed by atoms with E-state index in [2.05, 4.69) is 44.8 Å². The second-order valence-corrected chi connectivity index (χ2v) is 5.40. The number of nitrogens with one attached hydrogen (secondary N) is 1. The molecule has 0 amide bonds. The molecule has 0 radical (unpaired) electrons. The Morgan fingerprint density at radius 3 is 2.95 bits per heavy atom. The van der Waals surface area contributed by atoms with E-state index in [1.165, 1.54) is 23.2 Å². The van der Waals surface area contributed by atoms with Crippen LogP contribution in [0.1, 0.15) is 23.2 Å². The third-order valence-corrected chi connectivity index (χ3v) is 4.03. The number of aromatic nitrogens is 4. The van der Waals surface area contributed by atoms with Gasteiger partial charge in [-0.1, -0.05) is 30.3 Å². The summed E-state index contributed by atoms with van der Waals surface area (Å²) in [7, 11) is 0. The average molecular weight is 279 g/mol. The van der Waals surface area contributed by atoms with Gasteiger partial charge in [-0.3, -0.25) is 4.40 Å². The van der Waals surface area contributed by atoms with Gasteiger partial charge in [0, 0.05) is 12.1 Å². The Morgan fingerprint density at radius 1 is 1.14 bits per heavy atom. The van der Waals surface area contributed by atoms with Crippen LogP contribution in [0.3, 0.4) is 0 Å². The molecule has 0 spiro atoms. The summed E-state index contributed by atoms with van der Waals surface area (Å²) in [6.07, 6.45) is 6.06. The van der Waals surface area contributed by atoms with E-state index in [1.807, 2.05) is 10.5 Å². The largest absolute Gasteiger partial charge is 0.370 e. The second-order valence-electron chi connectivity index (χ2n) is 5.40. The first-order chi connectivity index (χ1) is 10.4. The van der Waals surface area contributed by atoms with E-state index >= 15 is 0 Å². The van der Waals surface area contributed by atoms with E-state index in [4.69, 9.17) is 0 Å². The summed E-state index contributed by atoms with van der Waals surface area (Å²) < 4.78 is 1.97. The smallest absolute Gasteiger partial charge is 0.256 e. The summed E-state index contributed by atoms with van der Waals surface area (Å²) in [6, 6.07) is 10.5. The van der Waals surface area contributed by atoms with Gasteiger partial charge in [0.2, 0.25) is 0 Å². The molecule has 0 saturated carbocycles. The summed E-state index contributed by atoms with van der Waals surface area (Å²) in [5.41, 5.74) is 3.85. The number of aryl methyl sites for hydroxylation is 1. The van der Waals surface area contributed by atoms with Crippen molar-refractivity contribution < 1.29 is 0 Å². The number of rotatable bonds is 4. The van der Waals surface area contributed by atoms with Gasteiger partial charge in [0.1, 0.15) is 12.1 Å². The van der Waals surface area contributed by atoms with Crippen molar-refractivity contribution in [2.75, 3.05) is 11.9 Å². The predicted molar refractivity (Wildman–Crippen MR) is 81.4 cm³/mol. The fourth-order valence-corrected chi connectivity index (χ4v) is 3.00. The first-order valence-corrected chi connectivity index (χ1v) is 7.41. The molecule has 0 saturated heterocycles. The molecule has 0 unspecified atom stereocenters. The predicted octanol–water partition coefficient (Wildman–Crippen LogP) is 2.27. The maximum Gasteiger partial charge on any atom is 0.256 e. The molecule has 1 aromatic carbocycles. The van der Waals surface area contributed by atoms with E-state index in [0.717, 1.165) is 31.6 Å². The van der Waals surface area contributed by atoms with Crippen LogP contribution in [0.25, 0.3) is 5.78 Å². The number of fused-ring (bicyclic) bond motifs is 2. The third-order valence-electron chi connectivity index (χ3n) is 4.03. The minimum Gasteiger partial charge on any atom is -0.370 e. The number of benzene rings is 1. The van der Waals surface area contributed by atoms with Crippen LogP contribution in [0.5, 0.6) is 0 Å². The van der Waals surface area contributed by atoms with Crippen LogP contribution in [0.2, 0.25) is 0 Å². The lowest BCUT2D eigenvalue weighted by atomic mass is 10.1. The third kappa shape index (κ3) is 2.24. The van der Waals surface area contributed by atoms with Crippen molar-refractivity contribution in [2.24, 2.45) is 0 Å². The summed E-state index contributed by atoms with van der Waals surface area (Å²) in [4.78, 5) is 4.59. The second kappa shape index (κ2) is 5.16. The van der Waals surface area contributed by atoms with Crippen LogP contribution < -0.4 is 5.32 Å². The zero-order valence-electron chi connectivity index (χ0n) is 11.8. The summed E-state index contributed by atoms with van der Waals surface area (Å²) in [6.45, 7) is 0.897. The lowest BCUT2D eigenvalue weighted by Crippen LogP contribution is -2.12. The van der Waals surface area contributed by atoms with Crippen LogP contribution in [-0.4, -0.2) is 26.1 Å². The van der Waals surface area contributed by atoms with Crippen molar-refractivity contribution >= 4 is 11.6 Å². The summed E-state index contributed by atoms with van der Waals surface area (Å²) >= 11 is 0. The van der Waals surface area contributed by atoms with Crippen LogP contribution in [0.4, 0.5) is 5.82 Å². The molecular formula is C16H17N5. The standard InChI is InChI=1S/C16H17N5/c1-2-5-12(6-3-1)9-10-17-15-13-7-4-8-14(13)19-16-20-18-11-21(15)16/h1-3,5-6,11,17H,4,7-10H2. The molecule has 4 rings (SSSR count). The van der Waals surface area contributed by atoms with Gasteiger partial charge < -0.3 is 5.32 Å². The molecule has 21 heavy (non-hydrogen) atoms. The fourth-order valence-electron chi connectivity index (χ4n) is 3.00. The molecule has 2 heterocycles. The van der Waals surface area contributed by atoms with Gasteiger partial charge in [-0.05, 0) is 31.2 Å². The van der Waals surface area contributed by atoms with E-state index in [1.54, 1.807) is 6.33 Å². The van der Waals surface area contributed by atoms with Gasteiger partial charge in [0.05, 0.1) is 5.69 Å². The zero-order chi connectivity index (χ0) is 14.1. The lowest BCUT2D eigenvalue weighted by Gasteiger charge is -2.13. The van der Waals surface area contributed by atoms with Crippen LogP contribution in [0, 0.1) is 0 Å². The molecule has 3 aromatic rings. The van der Waals surface area contributed by atoms with E-state index in [0.29, 0.717) is 5.78 Å².